The zero-order chi connectivity index (χ0) is 11.4. The maximum atomic E-state index is 12.0. The van der Waals surface area contributed by atoms with Gasteiger partial charge in [-0.05, 0) is 37.5 Å². The Morgan fingerprint density at radius 2 is 2.00 bits per heavy atom. The van der Waals surface area contributed by atoms with Crippen molar-refractivity contribution < 1.29 is 4.79 Å². The van der Waals surface area contributed by atoms with Crippen LogP contribution in [0.5, 0.6) is 0 Å². The van der Waals surface area contributed by atoms with Crippen LogP contribution in [0.25, 0.3) is 0 Å². The second-order valence-electron chi connectivity index (χ2n) is 4.69. The number of rotatable bonds is 2. The SMILES string of the molecule is Cc1cccc(NC(=O)C2CCCCC2)c1. The first kappa shape index (κ1) is 11.2. The van der Waals surface area contributed by atoms with Gasteiger partial charge in [-0.2, -0.15) is 0 Å². The summed E-state index contributed by atoms with van der Waals surface area (Å²) >= 11 is 0. The molecule has 2 nitrogen and oxygen atoms in total. The Hall–Kier alpha value is -1.31. The predicted molar refractivity (Wildman–Crippen MR) is 66.4 cm³/mol. The minimum absolute atomic E-state index is 0.199. The molecule has 1 aromatic rings. The Morgan fingerprint density at radius 3 is 2.69 bits per heavy atom. The molecule has 1 amide bonds. The Balaban J connectivity index is 1.96. The standard InChI is InChI=1S/C14H19NO/c1-11-6-5-9-13(10-11)15-14(16)12-7-3-2-4-8-12/h5-6,9-10,12H,2-4,7-8H2,1H3,(H,15,16). The van der Waals surface area contributed by atoms with Crippen molar-refractivity contribution in [2.45, 2.75) is 39.0 Å². The van der Waals surface area contributed by atoms with E-state index in [9.17, 15) is 4.79 Å². The van der Waals surface area contributed by atoms with Crippen molar-refractivity contribution in [3.8, 4) is 0 Å². The second-order valence-corrected chi connectivity index (χ2v) is 4.69. The molecular formula is C14H19NO. The smallest absolute Gasteiger partial charge is 0.227 e. The molecular weight excluding hydrogens is 198 g/mol. The van der Waals surface area contributed by atoms with Crippen molar-refractivity contribution in [2.75, 3.05) is 5.32 Å². The molecule has 0 saturated heterocycles. The summed E-state index contributed by atoms with van der Waals surface area (Å²) in [5.41, 5.74) is 2.11. The minimum Gasteiger partial charge on any atom is -0.326 e. The molecule has 2 rings (SSSR count). The first-order chi connectivity index (χ1) is 7.75. The van der Waals surface area contributed by atoms with Gasteiger partial charge in [-0.1, -0.05) is 31.4 Å². The molecule has 0 heterocycles. The van der Waals surface area contributed by atoms with Gasteiger partial charge in [0.25, 0.3) is 0 Å². The molecule has 1 aliphatic carbocycles. The molecule has 0 spiro atoms. The summed E-state index contributed by atoms with van der Waals surface area (Å²) in [6.45, 7) is 2.04. The molecule has 1 aliphatic rings. The van der Waals surface area contributed by atoms with Crippen LogP contribution in [0.1, 0.15) is 37.7 Å². The lowest BCUT2D eigenvalue weighted by atomic mass is 9.88. The number of amides is 1. The Morgan fingerprint density at radius 1 is 1.25 bits per heavy atom. The topological polar surface area (TPSA) is 29.1 Å². The summed E-state index contributed by atoms with van der Waals surface area (Å²) in [5.74, 6) is 0.430. The van der Waals surface area contributed by atoms with Crippen LogP contribution in [-0.4, -0.2) is 5.91 Å². The molecule has 1 saturated carbocycles. The fourth-order valence-corrected chi connectivity index (χ4v) is 2.33. The molecule has 0 unspecified atom stereocenters. The lowest BCUT2D eigenvalue weighted by Crippen LogP contribution is -2.24. The van der Waals surface area contributed by atoms with Crippen LogP contribution in [0.15, 0.2) is 24.3 Å². The van der Waals surface area contributed by atoms with Gasteiger partial charge in [-0.15, -0.1) is 0 Å². The molecule has 86 valence electrons. The number of carbonyl (C=O) groups excluding carboxylic acids is 1. The first-order valence-electron chi connectivity index (χ1n) is 6.13. The van der Waals surface area contributed by atoms with E-state index in [0.29, 0.717) is 0 Å². The van der Waals surface area contributed by atoms with Crippen LogP contribution in [0.2, 0.25) is 0 Å². The van der Waals surface area contributed by atoms with Gasteiger partial charge in [0.2, 0.25) is 5.91 Å². The number of nitrogens with one attached hydrogen (secondary N) is 1. The van der Waals surface area contributed by atoms with Crippen LogP contribution in [0, 0.1) is 12.8 Å². The first-order valence-corrected chi connectivity index (χ1v) is 6.13. The summed E-state index contributed by atoms with van der Waals surface area (Å²) < 4.78 is 0. The number of aryl methyl sites for hydroxylation is 1. The molecule has 1 fully saturated rings. The molecule has 0 radical (unpaired) electrons. The van der Waals surface area contributed by atoms with Gasteiger partial charge in [0.05, 0.1) is 0 Å². The predicted octanol–water partition coefficient (Wildman–Crippen LogP) is 3.51. The lowest BCUT2D eigenvalue weighted by molar-refractivity contribution is -0.120. The van der Waals surface area contributed by atoms with Gasteiger partial charge < -0.3 is 5.32 Å². The molecule has 1 aromatic carbocycles. The van der Waals surface area contributed by atoms with Gasteiger partial charge >= 0.3 is 0 Å². The largest absolute Gasteiger partial charge is 0.326 e. The van der Waals surface area contributed by atoms with E-state index in [4.69, 9.17) is 0 Å². The summed E-state index contributed by atoms with van der Waals surface area (Å²) in [6, 6.07) is 7.98. The molecule has 0 atom stereocenters. The van der Waals surface area contributed by atoms with Gasteiger partial charge in [0, 0.05) is 11.6 Å². The van der Waals surface area contributed by atoms with E-state index in [1.165, 1.54) is 24.8 Å². The third-order valence-electron chi connectivity index (χ3n) is 3.26. The molecule has 1 N–H and O–H groups in total. The maximum absolute atomic E-state index is 12.0. The van der Waals surface area contributed by atoms with Crippen molar-refractivity contribution in [3.05, 3.63) is 29.8 Å². The van der Waals surface area contributed by atoms with Gasteiger partial charge in [-0.3, -0.25) is 4.79 Å². The van der Waals surface area contributed by atoms with Gasteiger partial charge in [-0.25, -0.2) is 0 Å². The van der Waals surface area contributed by atoms with Gasteiger partial charge in [0.1, 0.15) is 0 Å². The van der Waals surface area contributed by atoms with E-state index in [0.717, 1.165) is 18.5 Å². The summed E-state index contributed by atoms with van der Waals surface area (Å²) in [4.78, 5) is 12.0. The second kappa shape index (κ2) is 5.15. The fourth-order valence-electron chi connectivity index (χ4n) is 2.33. The highest BCUT2D eigenvalue weighted by molar-refractivity contribution is 5.92. The third kappa shape index (κ3) is 2.84. The Labute approximate surface area is 97.1 Å². The fraction of sp³-hybridized carbons (Fsp3) is 0.500. The average molecular weight is 217 g/mol. The molecule has 2 heteroatoms. The van der Waals surface area contributed by atoms with Crippen LogP contribution >= 0.6 is 0 Å². The molecule has 16 heavy (non-hydrogen) atoms. The van der Waals surface area contributed by atoms with E-state index >= 15 is 0 Å². The monoisotopic (exact) mass is 217 g/mol. The van der Waals surface area contributed by atoms with Crippen molar-refractivity contribution in [2.24, 2.45) is 5.92 Å². The average Bonchev–Trinajstić information content (AvgIpc) is 2.30. The van der Waals surface area contributed by atoms with Crippen LogP contribution in [0.3, 0.4) is 0 Å². The van der Waals surface area contributed by atoms with Crippen LogP contribution < -0.4 is 5.32 Å². The quantitative estimate of drug-likeness (QED) is 0.807. The third-order valence-corrected chi connectivity index (χ3v) is 3.26. The van der Waals surface area contributed by atoms with Crippen molar-refractivity contribution >= 4 is 11.6 Å². The Bertz CT molecular complexity index is 367. The highest BCUT2D eigenvalue weighted by Gasteiger charge is 2.20. The number of hydrogen-bond donors (Lipinski definition) is 1. The van der Waals surface area contributed by atoms with E-state index in [1.54, 1.807) is 0 Å². The normalized spacial score (nSPS) is 17.1. The Kier molecular flexibility index (Phi) is 3.60. The number of benzene rings is 1. The van der Waals surface area contributed by atoms with E-state index in [2.05, 4.69) is 5.32 Å². The summed E-state index contributed by atoms with van der Waals surface area (Å²) in [5, 5.41) is 3.01. The number of hydrogen-bond acceptors (Lipinski definition) is 1. The van der Waals surface area contributed by atoms with E-state index < -0.39 is 0 Å². The zero-order valence-electron chi connectivity index (χ0n) is 9.83. The molecule has 0 aliphatic heterocycles. The number of anilines is 1. The minimum atomic E-state index is 0.199. The van der Waals surface area contributed by atoms with E-state index in [1.807, 2.05) is 31.2 Å². The van der Waals surface area contributed by atoms with Crippen LogP contribution in [-0.2, 0) is 4.79 Å². The molecule has 0 aromatic heterocycles. The lowest BCUT2D eigenvalue weighted by Gasteiger charge is -2.20. The molecule has 0 bridgehead atoms. The highest BCUT2D eigenvalue weighted by atomic mass is 16.1. The van der Waals surface area contributed by atoms with E-state index in [-0.39, 0.29) is 11.8 Å². The maximum Gasteiger partial charge on any atom is 0.227 e. The van der Waals surface area contributed by atoms with Gasteiger partial charge in [0.15, 0.2) is 0 Å². The zero-order valence-corrected chi connectivity index (χ0v) is 9.83. The highest BCUT2D eigenvalue weighted by Crippen LogP contribution is 2.25. The van der Waals surface area contributed by atoms with Crippen LogP contribution in [0.4, 0.5) is 5.69 Å². The van der Waals surface area contributed by atoms with Crippen molar-refractivity contribution in [1.29, 1.82) is 0 Å². The summed E-state index contributed by atoms with van der Waals surface area (Å²) in [6.07, 6.45) is 5.79. The summed E-state index contributed by atoms with van der Waals surface area (Å²) in [7, 11) is 0. The van der Waals surface area contributed by atoms with Crippen molar-refractivity contribution in [3.63, 3.8) is 0 Å². The number of carbonyl (C=O) groups is 1. The van der Waals surface area contributed by atoms with Crippen molar-refractivity contribution in [1.82, 2.24) is 0 Å².